The van der Waals surface area contributed by atoms with Crippen LogP contribution in [-0.4, -0.2) is 31.6 Å². The Morgan fingerprint density at radius 3 is 2.33 bits per heavy atom. The normalized spacial score (nSPS) is 24.2. The Hall–Kier alpha value is -0.860. The SMILES string of the molecule is CN(C)C(CCc1ccccc1)C1CCC(CCN)CC1. The van der Waals surface area contributed by atoms with Crippen LogP contribution in [0.2, 0.25) is 0 Å². The molecule has 118 valence electrons. The van der Waals surface area contributed by atoms with Crippen LogP contribution in [0.25, 0.3) is 0 Å². The maximum Gasteiger partial charge on any atom is 0.0121 e. The van der Waals surface area contributed by atoms with E-state index >= 15 is 0 Å². The van der Waals surface area contributed by atoms with E-state index < -0.39 is 0 Å². The summed E-state index contributed by atoms with van der Waals surface area (Å²) in [6.45, 7) is 0.862. The fourth-order valence-corrected chi connectivity index (χ4v) is 3.97. The quantitative estimate of drug-likeness (QED) is 0.829. The van der Waals surface area contributed by atoms with E-state index in [1.54, 1.807) is 0 Å². The lowest BCUT2D eigenvalue weighted by Crippen LogP contribution is -2.38. The molecule has 1 atom stereocenters. The van der Waals surface area contributed by atoms with Crippen LogP contribution in [0.1, 0.15) is 44.1 Å². The minimum Gasteiger partial charge on any atom is -0.330 e. The Morgan fingerprint density at radius 1 is 1.10 bits per heavy atom. The van der Waals surface area contributed by atoms with Gasteiger partial charge in [0.15, 0.2) is 0 Å². The van der Waals surface area contributed by atoms with Crippen molar-refractivity contribution in [3.8, 4) is 0 Å². The topological polar surface area (TPSA) is 29.3 Å². The van der Waals surface area contributed by atoms with Crippen LogP contribution in [0.15, 0.2) is 30.3 Å². The molecule has 1 aromatic rings. The fraction of sp³-hybridized carbons (Fsp3) is 0.684. The van der Waals surface area contributed by atoms with E-state index in [9.17, 15) is 0 Å². The minimum atomic E-state index is 0.726. The molecule has 0 heterocycles. The second-order valence-electron chi connectivity index (χ2n) is 6.91. The number of rotatable bonds is 7. The zero-order valence-corrected chi connectivity index (χ0v) is 13.8. The summed E-state index contributed by atoms with van der Waals surface area (Å²) in [5.41, 5.74) is 7.18. The van der Waals surface area contributed by atoms with Crippen molar-refractivity contribution < 1.29 is 0 Å². The van der Waals surface area contributed by atoms with E-state index in [4.69, 9.17) is 5.73 Å². The molecule has 0 amide bonds. The van der Waals surface area contributed by atoms with Gasteiger partial charge in [0.05, 0.1) is 0 Å². The highest BCUT2D eigenvalue weighted by Crippen LogP contribution is 2.34. The first-order valence-electron chi connectivity index (χ1n) is 8.61. The summed E-state index contributed by atoms with van der Waals surface area (Å²) in [7, 11) is 4.50. The summed E-state index contributed by atoms with van der Waals surface area (Å²) in [4.78, 5) is 2.46. The van der Waals surface area contributed by atoms with Gasteiger partial charge < -0.3 is 10.6 Å². The van der Waals surface area contributed by atoms with Gasteiger partial charge in [0.25, 0.3) is 0 Å². The van der Waals surface area contributed by atoms with E-state index in [0.717, 1.165) is 24.4 Å². The molecule has 0 bridgehead atoms. The highest BCUT2D eigenvalue weighted by atomic mass is 15.1. The number of hydrogen-bond acceptors (Lipinski definition) is 2. The molecule has 1 aliphatic rings. The molecular weight excluding hydrogens is 256 g/mol. The second kappa shape index (κ2) is 8.55. The summed E-state index contributed by atoms with van der Waals surface area (Å²) < 4.78 is 0. The number of aryl methyl sites for hydroxylation is 1. The molecule has 1 unspecified atom stereocenters. The number of nitrogens with zero attached hydrogens (tertiary/aromatic N) is 1. The molecule has 0 spiro atoms. The van der Waals surface area contributed by atoms with Gasteiger partial charge in [-0.25, -0.2) is 0 Å². The van der Waals surface area contributed by atoms with Crippen molar-refractivity contribution in [2.24, 2.45) is 17.6 Å². The Morgan fingerprint density at radius 2 is 1.76 bits per heavy atom. The van der Waals surface area contributed by atoms with Gasteiger partial charge in [0.2, 0.25) is 0 Å². The first-order chi connectivity index (χ1) is 10.2. The van der Waals surface area contributed by atoms with Crippen molar-refractivity contribution >= 4 is 0 Å². The molecule has 0 radical (unpaired) electrons. The van der Waals surface area contributed by atoms with Crippen LogP contribution in [0.5, 0.6) is 0 Å². The molecule has 1 saturated carbocycles. The number of nitrogens with two attached hydrogens (primary N) is 1. The van der Waals surface area contributed by atoms with Crippen molar-refractivity contribution in [1.29, 1.82) is 0 Å². The second-order valence-corrected chi connectivity index (χ2v) is 6.91. The molecule has 2 N–H and O–H groups in total. The first kappa shape index (κ1) is 16.5. The summed E-state index contributed by atoms with van der Waals surface area (Å²) >= 11 is 0. The molecule has 0 aromatic heterocycles. The average Bonchev–Trinajstić information content (AvgIpc) is 2.50. The van der Waals surface area contributed by atoms with E-state index in [1.807, 2.05) is 0 Å². The largest absolute Gasteiger partial charge is 0.330 e. The number of hydrogen-bond donors (Lipinski definition) is 1. The third-order valence-corrected chi connectivity index (χ3v) is 5.25. The monoisotopic (exact) mass is 288 g/mol. The van der Waals surface area contributed by atoms with Crippen LogP contribution in [0, 0.1) is 11.8 Å². The van der Waals surface area contributed by atoms with Gasteiger partial charge in [0.1, 0.15) is 0 Å². The summed E-state index contributed by atoms with van der Waals surface area (Å²) in [6, 6.07) is 11.6. The van der Waals surface area contributed by atoms with Gasteiger partial charge in [-0.3, -0.25) is 0 Å². The van der Waals surface area contributed by atoms with Crippen LogP contribution in [0.4, 0.5) is 0 Å². The maximum atomic E-state index is 5.71. The van der Waals surface area contributed by atoms with Gasteiger partial charge in [-0.15, -0.1) is 0 Å². The molecule has 2 heteroatoms. The highest BCUT2D eigenvalue weighted by molar-refractivity contribution is 5.14. The summed E-state index contributed by atoms with van der Waals surface area (Å²) in [6.07, 6.45) is 9.26. The molecule has 1 fully saturated rings. The molecular formula is C19H32N2. The van der Waals surface area contributed by atoms with Crippen LogP contribution < -0.4 is 5.73 Å². The average molecular weight is 288 g/mol. The molecule has 0 saturated heterocycles. The van der Waals surface area contributed by atoms with Crippen molar-refractivity contribution in [2.45, 2.75) is 51.0 Å². The highest BCUT2D eigenvalue weighted by Gasteiger charge is 2.28. The molecule has 2 nitrogen and oxygen atoms in total. The Kier molecular flexibility index (Phi) is 6.72. The van der Waals surface area contributed by atoms with E-state index in [-0.39, 0.29) is 0 Å². The zero-order valence-electron chi connectivity index (χ0n) is 13.8. The van der Waals surface area contributed by atoms with Crippen molar-refractivity contribution in [2.75, 3.05) is 20.6 Å². The van der Waals surface area contributed by atoms with Crippen LogP contribution >= 0.6 is 0 Å². The van der Waals surface area contributed by atoms with Gasteiger partial charge in [0, 0.05) is 6.04 Å². The maximum absolute atomic E-state index is 5.71. The van der Waals surface area contributed by atoms with Crippen molar-refractivity contribution in [3.05, 3.63) is 35.9 Å². The van der Waals surface area contributed by atoms with Gasteiger partial charge in [-0.05, 0) is 70.1 Å². The molecule has 1 aliphatic carbocycles. The standard InChI is InChI=1S/C19H32N2/c1-21(2)19(13-10-16-6-4-3-5-7-16)18-11-8-17(9-12-18)14-15-20/h3-7,17-19H,8-15,20H2,1-2H3. The lowest BCUT2D eigenvalue weighted by molar-refractivity contribution is 0.139. The van der Waals surface area contributed by atoms with Gasteiger partial charge in [-0.1, -0.05) is 43.2 Å². The lowest BCUT2D eigenvalue weighted by Gasteiger charge is -2.37. The third kappa shape index (κ3) is 5.12. The molecule has 2 rings (SSSR count). The van der Waals surface area contributed by atoms with E-state index in [0.29, 0.717) is 0 Å². The van der Waals surface area contributed by atoms with Crippen molar-refractivity contribution in [3.63, 3.8) is 0 Å². The Labute approximate surface area is 130 Å². The smallest absolute Gasteiger partial charge is 0.0121 e. The fourth-order valence-electron chi connectivity index (χ4n) is 3.97. The predicted molar refractivity (Wildman–Crippen MR) is 91.4 cm³/mol. The van der Waals surface area contributed by atoms with E-state index in [2.05, 4.69) is 49.3 Å². The minimum absolute atomic E-state index is 0.726. The van der Waals surface area contributed by atoms with Crippen molar-refractivity contribution in [1.82, 2.24) is 4.90 Å². The number of benzene rings is 1. The lowest BCUT2D eigenvalue weighted by atomic mass is 9.76. The van der Waals surface area contributed by atoms with Gasteiger partial charge in [-0.2, -0.15) is 0 Å². The predicted octanol–water partition coefficient (Wildman–Crippen LogP) is 3.70. The van der Waals surface area contributed by atoms with Crippen LogP contribution in [0.3, 0.4) is 0 Å². The van der Waals surface area contributed by atoms with Crippen LogP contribution in [-0.2, 0) is 6.42 Å². The summed E-state index contributed by atoms with van der Waals surface area (Å²) in [5, 5.41) is 0. The van der Waals surface area contributed by atoms with E-state index in [1.165, 1.54) is 50.5 Å². The molecule has 21 heavy (non-hydrogen) atoms. The molecule has 1 aromatic carbocycles. The summed E-state index contributed by atoms with van der Waals surface area (Å²) in [5.74, 6) is 1.76. The molecule has 0 aliphatic heterocycles. The Bertz CT molecular complexity index is 380. The third-order valence-electron chi connectivity index (χ3n) is 5.25. The Balaban J connectivity index is 1.85. The first-order valence-corrected chi connectivity index (χ1v) is 8.61. The van der Waals surface area contributed by atoms with Gasteiger partial charge >= 0.3 is 0 Å². The zero-order chi connectivity index (χ0) is 15.1.